The minimum Gasteiger partial charge on any atom is -0.329 e. The van der Waals surface area contributed by atoms with E-state index in [1.54, 1.807) is 23.5 Å². The van der Waals surface area contributed by atoms with Gasteiger partial charge in [-0.15, -0.1) is 11.3 Å². The van der Waals surface area contributed by atoms with Crippen LogP contribution in [-0.4, -0.2) is 11.0 Å². The van der Waals surface area contributed by atoms with Crippen molar-refractivity contribution in [3.8, 4) is 0 Å². The van der Waals surface area contributed by atoms with Crippen LogP contribution in [0.15, 0.2) is 29.6 Å². The number of hydrogen-bond donors (Lipinski definition) is 2. The van der Waals surface area contributed by atoms with Crippen LogP contribution in [0.2, 0.25) is 0 Å². The van der Waals surface area contributed by atoms with Gasteiger partial charge in [0, 0.05) is 16.6 Å². The number of hydrogen-bond acceptors (Lipinski definition) is 3. The van der Waals surface area contributed by atoms with Crippen molar-refractivity contribution in [2.75, 3.05) is 0 Å². The highest BCUT2D eigenvalue weighted by Gasteiger charge is 2.48. The second-order valence-electron chi connectivity index (χ2n) is 6.80. The minimum atomic E-state index is -0.553. The highest BCUT2D eigenvalue weighted by molar-refractivity contribution is 7.09. The van der Waals surface area contributed by atoms with Crippen molar-refractivity contribution < 1.29 is 9.18 Å². The number of rotatable bonds is 5. The number of aryl methyl sites for hydroxylation is 1. The summed E-state index contributed by atoms with van der Waals surface area (Å²) in [5, 5.41) is 9.04. The summed E-state index contributed by atoms with van der Waals surface area (Å²) in [6.07, 6.45) is 3.77. The van der Waals surface area contributed by atoms with Gasteiger partial charge in [0.15, 0.2) is 0 Å². The number of carbonyl (C=O) groups excluding carboxylic acids is 1. The Morgan fingerprint density at radius 2 is 2.12 bits per heavy atom. The summed E-state index contributed by atoms with van der Waals surface area (Å²) in [5.74, 6) is 0.203. The fraction of sp³-hybridized carbons (Fsp3) is 0.444. The van der Waals surface area contributed by atoms with Crippen LogP contribution in [0.5, 0.6) is 0 Å². The van der Waals surface area contributed by atoms with Crippen molar-refractivity contribution in [2.24, 2.45) is 5.92 Å². The van der Waals surface area contributed by atoms with E-state index in [1.807, 2.05) is 18.4 Å². The number of urea groups is 1. The molecule has 0 saturated heterocycles. The Kier molecular flexibility index (Phi) is 3.79. The van der Waals surface area contributed by atoms with Crippen LogP contribution < -0.4 is 10.6 Å². The van der Waals surface area contributed by atoms with Gasteiger partial charge in [0.05, 0.1) is 11.6 Å². The van der Waals surface area contributed by atoms with Crippen LogP contribution in [0.1, 0.15) is 48.0 Å². The van der Waals surface area contributed by atoms with Crippen LogP contribution in [0.25, 0.3) is 0 Å². The SMILES string of the molecule is Cc1csc([C@H](NC(=O)NC2(c3ccccc3F)CC2)C2CC2)n1. The van der Waals surface area contributed by atoms with Crippen LogP contribution in [0, 0.1) is 18.7 Å². The average molecular weight is 345 g/mol. The van der Waals surface area contributed by atoms with E-state index in [0.29, 0.717) is 11.5 Å². The number of nitrogens with one attached hydrogen (secondary N) is 2. The Morgan fingerprint density at radius 3 is 2.71 bits per heavy atom. The molecule has 1 aromatic carbocycles. The maximum atomic E-state index is 14.1. The molecule has 0 radical (unpaired) electrons. The fourth-order valence-electron chi connectivity index (χ4n) is 3.16. The van der Waals surface area contributed by atoms with E-state index in [4.69, 9.17) is 0 Å². The average Bonchev–Trinajstić information content (AvgIpc) is 3.46. The molecule has 2 aliphatic carbocycles. The van der Waals surface area contributed by atoms with E-state index >= 15 is 0 Å². The van der Waals surface area contributed by atoms with Crippen molar-refractivity contribution in [1.82, 2.24) is 15.6 Å². The fourth-order valence-corrected chi connectivity index (χ4v) is 4.10. The molecule has 0 spiro atoms. The van der Waals surface area contributed by atoms with E-state index in [0.717, 1.165) is 36.4 Å². The van der Waals surface area contributed by atoms with Crippen molar-refractivity contribution >= 4 is 17.4 Å². The van der Waals surface area contributed by atoms with Gasteiger partial charge < -0.3 is 10.6 Å². The first-order valence-corrected chi connectivity index (χ1v) is 9.21. The molecule has 2 amide bonds. The van der Waals surface area contributed by atoms with E-state index in [9.17, 15) is 9.18 Å². The lowest BCUT2D eigenvalue weighted by Crippen LogP contribution is -2.44. The largest absolute Gasteiger partial charge is 0.329 e. The molecule has 2 aromatic rings. The summed E-state index contributed by atoms with van der Waals surface area (Å²) >= 11 is 1.59. The second kappa shape index (κ2) is 5.84. The number of aromatic nitrogens is 1. The summed E-state index contributed by atoms with van der Waals surface area (Å²) < 4.78 is 14.1. The lowest BCUT2D eigenvalue weighted by Gasteiger charge is -2.22. The van der Waals surface area contributed by atoms with Crippen LogP contribution >= 0.6 is 11.3 Å². The van der Waals surface area contributed by atoms with Gasteiger partial charge in [-0.3, -0.25) is 0 Å². The van der Waals surface area contributed by atoms with Gasteiger partial charge in [0.1, 0.15) is 10.8 Å². The van der Waals surface area contributed by atoms with Gasteiger partial charge >= 0.3 is 6.03 Å². The smallest absolute Gasteiger partial charge is 0.316 e. The molecule has 1 heterocycles. The summed E-state index contributed by atoms with van der Waals surface area (Å²) in [5.41, 5.74) is 1.00. The molecular formula is C18H20FN3OS. The molecule has 4 nitrogen and oxygen atoms in total. The quantitative estimate of drug-likeness (QED) is 0.859. The molecule has 24 heavy (non-hydrogen) atoms. The predicted molar refractivity (Wildman–Crippen MR) is 91.3 cm³/mol. The Labute approximate surface area is 144 Å². The summed E-state index contributed by atoms with van der Waals surface area (Å²) in [7, 11) is 0. The number of nitrogens with zero attached hydrogens (tertiary/aromatic N) is 1. The molecule has 2 aliphatic rings. The van der Waals surface area contributed by atoms with E-state index < -0.39 is 5.54 Å². The zero-order valence-electron chi connectivity index (χ0n) is 13.5. The van der Waals surface area contributed by atoms with Gasteiger partial charge in [0.25, 0.3) is 0 Å². The Bertz CT molecular complexity index is 767. The lowest BCUT2D eigenvalue weighted by atomic mass is 10.0. The topological polar surface area (TPSA) is 54.0 Å². The number of amides is 2. The molecule has 0 unspecified atom stereocenters. The molecule has 0 bridgehead atoms. The molecule has 0 aliphatic heterocycles. The number of carbonyl (C=O) groups is 1. The number of thiazole rings is 1. The monoisotopic (exact) mass is 345 g/mol. The third-order valence-corrected chi connectivity index (χ3v) is 5.82. The molecule has 1 aromatic heterocycles. The summed E-state index contributed by atoms with van der Waals surface area (Å²) in [6.45, 7) is 1.96. The van der Waals surface area contributed by atoms with Gasteiger partial charge in [-0.25, -0.2) is 14.2 Å². The number of benzene rings is 1. The van der Waals surface area contributed by atoms with Gasteiger partial charge in [0.2, 0.25) is 0 Å². The summed E-state index contributed by atoms with van der Waals surface area (Å²) in [6, 6.07) is 6.40. The van der Waals surface area contributed by atoms with Gasteiger partial charge in [-0.05, 0) is 44.6 Å². The molecular weight excluding hydrogens is 325 g/mol. The third kappa shape index (κ3) is 3.02. The third-order valence-electron chi connectivity index (χ3n) is 4.78. The first-order chi connectivity index (χ1) is 11.6. The molecule has 2 fully saturated rings. The molecule has 4 rings (SSSR count). The second-order valence-corrected chi connectivity index (χ2v) is 7.69. The molecule has 2 N–H and O–H groups in total. The molecule has 6 heteroatoms. The van der Waals surface area contributed by atoms with Crippen molar-refractivity contribution in [2.45, 2.75) is 44.2 Å². The Hall–Kier alpha value is -1.95. The van der Waals surface area contributed by atoms with E-state index in [2.05, 4.69) is 15.6 Å². The highest BCUT2D eigenvalue weighted by Crippen LogP contribution is 2.47. The van der Waals surface area contributed by atoms with Crippen LogP contribution in [0.4, 0.5) is 9.18 Å². The van der Waals surface area contributed by atoms with Crippen LogP contribution in [0.3, 0.4) is 0 Å². The zero-order chi connectivity index (χ0) is 16.7. The highest BCUT2D eigenvalue weighted by atomic mass is 32.1. The van der Waals surface area contributed by atoms with Gasteiger partial charge in [-0.1, -0.05) is 18.2 Å². The van der Waals surface area contributed by atoms with Crippen molar-refractivity contribution in [3.63, 3.8) is 0 Å². The first kappa shape index (κ1) is 15.6. The zero-order valence-corrected chi connectivity index (χ0v) is 14.3. The standard InChI is InChI=1S/C18H20FN3OS/c1-11-10-24-16(20-11)15(12-6-7-12)21-17(23)22-18(8-9-18)13-4-2-3-5-14(13)19/h2-5,10,12,15H,6-9H2,1H3,(H2,21,22,23)/t15-/m1/s1. The Balaban J connectivity index is 1.47. The maximum absolute atomic E-state index is 14.1. The predicted octanol–water partition coefficient (Wildman–Crippen LogP) is 4.03. The first-order valence-electron chi connectivity index (χ1n) is 8.33. The maximum Gasteiger partial charge on any atom is 0.316 e. The van der Waals surface area contributed by atoms with Crippen LogP contribution in [-0.2, 0) is 5.54 Å². The lowest BCUT2D eigenvalue weighted by molar-refractivity contribution is 0.230. The number of halogens is 1. The molecule has 1 atom stereocenters. The molecule has 2 saturated carbocycles. The van der Waals surface area contributed by atoms with E-state index in [-0.39, 0.29) is 17.9 Å². The van der Waals surface area contributed by atoms with Crippen molar-refractivity contribution in [3.05, 3.63) is 51.7 Å². The van der Waals surface area contributed by atoms with E-state index in [1.165, 1.54) is 6.07 Å². The summed E-state index contributed by atoms with van der Waals surface area (Å²) in [4.78, 5) is 17.1. The Morgan fingerprint density at radius 1 is 1.38 bits per heavy atom. The normalized spacial score (nSPS) is 19.6. The minimum absolute atomic E-state index is 0.0416. The molecule has 126 valence electrons. The van der Waals surface area contributed by atoms with Gasteiger partial charge in [-0.2, -0.15) is 0 Å². The van der Waals surface area contributed by atoms with Crippen molar-refractivity contribution in [1.29, 1.82) is 0 Å².